The van der Waals surface area contributed by atoms with E-state index in [1.165, 1.54) is 0 Å². The Morgan fingerprint density at radius 1 is 1.40 bits per heavy atom. The summed E-state index contributed by atoms with van der Waals surface area (Å²) in [6, 6.07) is 0. The van der Waals surface area contributed by atoms with Crippen molar-refractivity contribution in [1.29, 1.82) is 0 Å². The molecule has 1 aliphatic carbocycles. The van der Waals surface area contributed by atoms with E-state index in [2.05, 4.69) is 31.3 Å². The van der Waals surface area contributed by atoms with Crippen molar-refractivity contribution in [3.8, 4) is 0 Å². The van der Waals surface area contributed by atoms with Crippen molar-refractivity contribution in [2.75, 3.05) is 6.54 Å². The zero-order valence-electron chi connectivity index (χ0n) is 9.75. The van der Waals surface area contributed by atoms with E-state index in [-0.39, 0.29) is 17.4 Å². The molecule has 0 saturated carbocycles. The van der Waals surface area contributed by atoms with Gasteiger partial charge in [0.2, 0.25) is 5.91 Å². The van der Waals surface area contributed by atoms with E-state index in [0.717, 1.165) is 25.7 Å². The third-order valence-electron chi connectivity index (χ3n) is 3.51. The van der Waals surface area contributed by atoms with Crippen LogP contribution in [0.4, 0.5) is 0 Å². The second-order valence-corrected chi connectivity index (χ2v) is 4.32. The van der Waals surface area contributed by atoms with Crippen LogP contribution in [0.3, 0.4) is 0 Å². The number of allylic oxidation sites excluding steroid dienone is 2. The van der Waals surface area contributed by atoms with Gasteiger partial charge in [-0.2, -0.15) is 0 Å². The molecular formula is C12H22N2O. The first kappa shape index (κ1) is 12.2. The van der Waals surface area contributed by atoms with Crippen LogP contribution < -0.4 is 11.1 Å². The smallest absolute Gasteiger partial charge is 0.224 e. The summed E-state index contributed by atoms with van der Waals surface area (Å²) in [5.41, 5.74) is 5.55. The minimum Gasteiger partial charge on any atom is -0.349 e. The van der Waals surface area contributed by atoms with E-state index in [9.17, 15) is 4.79 Å². The quantitative estimate of drug-likeness (QED) is 0.677. The molecule has 1 amide bonds. The molecule has 3 nitrogen and oxygen atoms in total. The summed E-state index contributed by atoms with van der Waals surface area (Å²) in [6.07, 6.45) is 7.69. The molecule has 0 fully saturated rings. The molecule has 0 aromatic rings. The Morgan fingerprint density at radius 3 is 2.33 bits per heavy atom. The first-order chi connectivity index (χ1) is 7.17. The maximum absolute atomic E-state index is 11.9. The average molecular weight is 210 g/mol. The van der Waals surface area contributed by atoms with Gasteiger partial charge in [0.05, 0.1) is 5.54 Å². The summed E-state index contributed by atoms with van der Waals surface area (Å²) in [4.78, 5) is 11.9. The number of rotatable bonds is 5. The Kier molecular flexibility index (Phi) is 4.33. The Bertz CT molecular complexity index is 228. The fraction of sp³-hybridized carbons (Fsp3) is 0.750. The third kappa shape index (κ3) is 2.81. The highest BCUT2D eigenvalue weighted by Gasteiger charge is 2.29. The van der Waals surface area contributed by atoms with Crippen LogP contribution in [-0.2, 0) is 4.79 Å². The van der Waals surface area contributed by atoms with Crippen molar-refractivity contribution in [2.45, 2.75) is 45.1 Å². The largest absolute Gasteiger partial charge is 0.349 e. The van der Waals surface area contributed by atoms with Crippen molar-refractivity contribution < 1.29 is 4.79 Å². The molecule has 3 N–H and O–H groups in total. The second kappa shape index (κ2) is 5.31. The summed E-state index contributed by atoms with van der Waals surface area (Å²) in [5.74, 6) is 0.295. The molecule has 86 valence electrons. The van der Waals surface area contributed by atoms with Gasteiger partial charge < -0.3 is 11.1 Å². The molecule has 3 heteroatoms. The van der Waals surface area contributed by atoms with Crippen molar-refractivity contribution in [2.24, 2.45) is 11.7 Å². The highest BCUT2D eigenvalue weighted by atomic mass is 16.2. The fourth-order valence-corrected chi connectivity index (χ4v) is 1.96. The van der Waals surface area contributed by atoms with Crippen LogP contribution >= 0.6 is 0 Å². The van der Waals surface area contributed by atoms with Crippen molar-refractivity contribution in [1.82, 2.24) is 5.32 Å². The normalized spacial score (nSPS) is 17.0. The zero-order chi connectivity index (χ0) is 11.3. The first-order valence-corrected chi connectivity index (χ1v) is 5.84. The number of hydrogen-bond donors (Lipinski definition) is 2. The lowest BCUT2D eigenvalue weighted by atomic mass is 9.91. The summed E-state index contributed by atoms with van der Waals surface area (Å²) in [5, 5.41) is 3.12. The Labute approximate surface area is 92.1 Å². The van der Waals surface area contributed by atoms with Crippen molar-refractivity contribution in [3.05, 3.63) is 12.2 Å². The lowest BCUT2D eigenvalue weighted by Gasteiger charge is -2.32. The molecule has 0 aromatic heterocycles. The fourth-order valence-electron chi connectivity index (χ4n) is 1.96. The monoisotopic (exact) mass is 210 g/mol. The molecule has 0 spiro atoms. The van der Waals surface area contributed by atoms with Gasteiger partial charge in [-0.25, -0.2) is 0 Å². The molecule has 0 aromatic carbocycles. The summed E-state index contributed by atoms with van der Waals surface area (Å²) in [6.45, 7) is 4.67. The van der Waals surface area contributed by atoms with E-state index in [0.29, 0.717) is 6.54 Å². The van der Waals surface area contributed by atoms with Gasteiger partial charge in [-0.15, -0.1) is 0 Å². The lowest BCUT2D eigenvalue weighted by Crippen LogP contribution is -2.54. The van der Waals surface area contributed by atoms with Gasteiger partial charge in [0.1, 0.15) is 0 Å². The standard InChI is InChI=1S/C12H22N2O/c1-3-12(4-2,9-13)14-11(15)10-7-5-6-8-10/h5-6,10H,3-4,7-9,13H2,1-2H3,(H,14,15). The minimum atomic E-state index is -0.195. The third-order valence-corrected chi connectivity index (χ3v) is 3.51. The van der Waals surface area contributed by atoms with Gasteiger partial charge in [-0.05, 0) is 25.7 Å². The van der Waals surface area contributed by atoms with Crippen molar-refractivity contribution in [3.63, 3.8) is 0 Å². The maximum Gasteiger partial charge on any atom is 0.224 e. The van der Waals surface area contributed by atoms with Crippen LogP contribution in [0.1, 0.15) is 39.5 Å². The molecule has 1 aliphatic rings. The van der Waals surface area contributed by atoms with E-state index in [1.54, 1.807) is 0 Å². The molecule has 0 aliphatic heterocycles. The van der Waals surface area contributed by atoms with Crippen LogP contribution in [-0.4, -0.2) is 18.0 Å². The molecule has 0 heterocycles. The van der Waals surface area contributed by atoms with Gasteiger partial charge in [0.25, 0.3) is 0 Å². The minimum absolute atomic E-state index is 0.133. The van der Waals surface area contributed by atoms with E-state index >= 15 is 0 Å². The van der Waals surface area contributed by atoms with Gasteiger partial charge in [0, 0.05) is 12.5 Å². The van der Waals surface area contributed by atoms with Gasteiger partial charge >= 0.3 is 0 Å². The number of carbonyl (C=O) groups excluding carboxylic acids is 1. The number of hydrogen-bond acceptors (Lipinski definition) is 2. The van der Waals surface area contributed by atoms with Gasteiger partial charge in [0.15, 0.2) is 0 Å². The van der Waals surface area contributed by atoms with Crippen LogP contribution in [0.15, 0.2) is 12.2 Å². The molecule has 1 rings (SSSR count). The molecule has 0 saturated heterocycles. The number of nitrogens with one attached hydrogen (secondary N) is 1. The second-order valence-electron chi connectivity index (χ2n) is 4.32. The van der Waals surface area contributed by atoms with Crippen LogP contribution in [0.5, 0.6) is 0 Å². The molecule has 0 radical (unpaired) electrons. The van der Waals surface area contributed by atoms with Crippen molar-refractivity contribution >= 4 is 5.91 Å². The van der Waals surface area contributed by atoms with Crippen LogP contribution in [0.2, 0.25) is 0 Å². The molecule has 15 heavy (non-hydrogen) atoms. The van der Waals surface area contributed by atoms with Crippen LogP contribution in [0.25, 0.3) is 0 Å². The predicted octanol–water partition coefficient (Wildman–Crippen LogP) is 1.59. The SMILES string of the molecule is CCC(CC)(CN)NC(=O)C1CC=CC1. The molecule has 0 bridgehead atoms. The number of nitrogens with two attached hydrogens (primary N) is 1. The van der Waals surface area contributed by atoms with Gasteiger partial charge in [-0.3, -0.25) is 4.79 Å². The average Bonchev–Trinajstić information content (AvgIpc) is 2.79. The lowest BCUT2D eigenvalue weighted by molar-refractivity contribution is -0.126. The van der Waals surface area contributed by atoms with E-state index < -0.39 is 0 Å². The Hall–Kier alpha value is -0.830. The predicted molar refractivity (Wildman–Crippen MR) is 62.4 cm³/mol. The number of carbonyl (C=O) groups is 1. The molecular weight excluding hydrogens is 188 g/mol. The Balaban J connectivity index is 2.54. The Morgan fingerprint density at radius 2 is 1.93 bits per heavy atom. The van der Waals surface area contributed by atoms with E-state index in [1.807, 2.05) is 0 Å². The first-order valence-electron chi connectivity index (χ1n) is 5.84. The number of amides is 1. The molecule has 0 unspecified atom stereocenters. The van der Waals surface area contributed by atoms with E-state index in [4.69, 9.17) is 5.73 Å². The maximum atomic E-state index is 11.9. The zero-order valence-corrected chi connectivity index (χ0v) is 9.75. The van der Waals surface area contributed by atoms with Gasteiger partial charge in [-0.1, -0.05) is 26.0 Å². The topological polar surface area (TPSA) is 55.1 Å². The summed E-state index contributed by atoms with van der Waals surface area (Å²) < 4.78 is 0. The van der Waals surface area contributed by atoms with Crippen LogP contribution in [0, 0.1) is 5.92 Å². The highest BCUT2D eigenvalue weighted by molar-refractivity contribution is 5.80. The highest BCUT2D eigenvalue weighted by Crippen LogP contribution is 2.20. The summed E-state index contributed by atoms with van der Waals surface area (Å²) >= 11 is 0. The molecule has 0 atom stereocenters. The summed E-state index contributed by atoms with van der Waals surface area (Å²) in [7, 11) is 0.